The Morgan fingerprint density at radius 1 is 1.25 bits per heavy atom. The Bertz CT molecular complexity index is 671. The first-order valence-corrected chi connectivity index (χ1v) is 6.42. The highest BCUT2D eigenvalue weighted by Gasteiger charge is 2.11. The van der Waals surface area contributed by atoms with Gasteiger partial charge in [-0.25, -0.2) is 9.97 Å². The predicted octanol–water partition coefficient (Wildman–Crippen LogP) is 2.55. The van der Waals surface area contributed by atoms with Crippen LogP contribution in [0.5, 0.6) is 0 Å². The molecule has 0 aliphatic carbocycles. The molecule has 0 radical (unpaired) electrons. The summed E-state index contributed by atoms with van der Waals surface area (Å²) in [6.07, 6.45) is 5.09. The fourth-order valence-electron chi connectivity index (χ4n) is 2.08. The summed E-state index contributed by atoms with van der Waals surface area (Å²) in [5, 5.41) is 0. The van der Waals surface area contributed by atoms with Crippen LogP contribution < -0.4 is 4.90 Å². The van der Waals surface area contributed by atoms with Crippen LogP contribution in [-0.4, -0.2) is 26.5 Å². The first-order chi connectivity index (χ1) is 9.86. The number of aromatic nitrogens is 4. The quantitative estimate of drug-likeness (QED) is 0.720. The van der Waals surface area contributed by atoms with Gasteiger partial charge in [-0.3, -0.25) is 0 Å². The van der Waals surface area contributed by atoms with Crippen LogP contribution in [0.25, 0.3) is 11.2 Å². The van der Waals surface area contributed by atoms with Gasteiger partial charge in [0.05, 0.1) is 6.20 Å². The van der Waals surface area contributed by atoms with E-state index in [9.17, 15) is 0 Å². The molecular formula is C15H15N5. The summed E-state index contributed by atoms with van der Waals surface area (Å²) in [6.45, 7) is 5.28. The van der Waals surface area contributed by atoms with Crippen LogP contribution in [0, 0.1) is 0 Å². The summed E-state index contributed by atoms with van der Waals surface area (Å²) in [5.74, 6) is 0.782. The van der Waals surface area contributed by atoms with Gasteiger partial charge < -0.3 is 9.88 Å². The summed E-state index contributed by atoms with van der Waals surface area (Å²) in [7, 11) is 0. The lowest BCUT2D eigenvalue weighted by Crippen LogP contribution is -2.23. The van der Waals surface area contributed by atoms with E-state index in [-0.39, 0.29) is 0 Å². The maximum atomic E-state index is 4.50. The molecule has 2 heterocycles. The zero-order valence-corrected chi connectivity index (χ0v) is 11.0. The highest BCUT2D eigenvalue weighted by molar-refractivity contribution is 5.72. The summed E-state index contributed by atoms with van der Waals surface area (Å²) in [5.41, 5.74) is 2.74. The van der Waals surface area contributed by atoms with Gasteiger partial charge in [-0.2, -0.15) is 4.98 Å². The number of imidazole rings is 1. The number of anilines is 1. The number of hydrogen-bond acceptors (Lipinski definition) is 4. The molecule has 5 nitrogen and oxygen atoms in total. The van der Waals surface area contributed by atoms with E-state index < -0.39 is 0 Å². The van der Waals surface area contributed by atoms with Gasteiger partial charge in [0.15, 0.2) is 5.65 Å². The van der Waals surface area contributed by atoms with Crippen molar-refractivity contribution in [3.05, 3.63) is 61.1 Å². The number of nitrogens with one attached hydrogen (secondary N) is 1. The van der Waals surface area contributed by atoms with E-state index in [1.54, 1.807) is 6.20 Å². The van der Waals surface area contributed by atoms with Crippen molar-refractivity contribution in [1.29, 1.82) is 0 Å². The lowest BCUT2D eigenvalue weighted by atomic mass is 10.2. The fraction of sp³-hybridized carbons (Fsp3) is 0.133. The molecule has 0 saturated carbocycles. The maximum absolute atomic E-state index is 4.50. The Hall–Kier alpha value is -2.69. The van der Waals surface area contributed by atoms with E-state index in [0.29, 0.717) is 12.2 Å². The van der Waals surface area contributed by atoms with E-state index in [4.69, 9.17) is 0 Å². The summed E-state index contributed by atoms with van der Waals surface area (Å²) >= 11 is 0. The molecule has 3 aromatic rings. The molecule has 100 valence electrons. The van der Waals surface area contributed by atoms with Crippen molar-refractivity contribution in [3.63, 3.8) is 0 Å². The molecule has 2 aromatic heterocycles. The zero-order valence-electron chi connectivity index (χ0n) is 11.0. The lowest BCUT2D eigenvalue weighted by Gasteiger charge is -2.20. The zero-order chi connectivity index (χ0) is 13.8. The number of H-pyrrole nitrogens is 1. The van der Waals surface area contributed by atoms with Gasteiger partial charge in [-0.1, -0.05) is 36.4 Å². The number of hydrogen-bond donors (Lipinski definition) is 1. The average molecular weight is 265 g/mol. The summed E-state index contributed by atoms with van der Waals surface area (Å²) < 4.78 is 0. The fourth-order valence-corrected chi connectivity index (χ4v) is 2.08. The van der Waals surface area contributed by atoms with Crippen LogP contribution in [0.1, 0.15) is 5.56 Å². The first-order valence-electron chi connectivity index (χ1n) is 6.42. The third-order valence-corrected chi connectivity index (χ3v) is 3.01. The molecule has 0 aliphatic heterocycles. The molecule has 0 saturated heterocycles. The van der Waals surface area contributed by atoms with Crippen molar-refractivity contribution in [1.82, 2.24) is 19.9 Å². The van der Waals surface area contributed by atoms with E-state index in [2.05, 4.69) is 43.5 Å². The van der Waals surface area contributed by atoms with E-state index in [1.165, 1.54) is 11.9 Å². The third kappa shape index (κ3) is 2.51. The Labute approximate surface area is 117 Å². The van der Waals surface area contributed by atoms with Crippen molar-refractivity contribution < 1.29 is 0 Å². The van der Waals surface area contributed by atoms with Crippen molar-refractivity contribution >= 4 is 17.1 Å². The summed E-state index contributed by atoms with van der Waals surface area (Å²) in [6, 6.07) is 10.3. The average Bonchev–Trinajstić information content (AvgIpc) is 2.92. The third-order valence-electron chi connectivity index (χ3n) is 3.01. The molecule has 0 atom stereocenters. The monoisotopic (exact) mass is 265 g/mol. The van der Waals surface area contributed by atoms with E-state index >= 15 is 0 Å². The van der Waals surface area contributed by atoms with Gasteiger partial charge in [0.2, 0.25) is 5.95 Å². The molecule has 0 aliphatic rings. The normalized spacial score (nSPS) is 10.6. The number of nitrogens with zero attached hydrogens (tertiary/aromatic N) is 4. The second-order valence-electron chi connectivity index (χ2n) is 4.48. The van der Waals surface area contributed by atoms with Crippen molar-refractivity contribution in [2.75, 3.05) is 11.4 Å². The Morgan fingerprint density at radius 2 is 2.10 bits per heavy atom. The Balaban J connectivity index is 1.91. The maximum Gasteiger partial charge on any atom is 0.206 e. The molecule has 0 fully saturated rings. The molecule has 20 heavy (non-hydrogen) atoms. The lowest BCUT2D eigenvalue weighted by molar-refractivity contribution is 0.835. The van der Waals surface area contributed by atoms with Gasteiger partial charge in [-0.15, -0.1) is 6.58 Å². The standard InChI is InChI=1S/C15H15N5/c1-2-8-20(10-12-6-4-3-5-7-12)15-18-13-9-16-11-17-14(13)19-15/h2-7,9,11H,1,8,10H2,(H,16,17,18,19). The van der Waals surface area contributed by atoms with Gasteiger partial charge >= 0.3 is 0 Å². The minimum Gasteiger partial charge on any atom is -0.334 e. The van der Waals surface area contributed by atoms with Crippen molar-refractivity contribution in [2.45, 2.75) is 6.54 Å². The summed E-state index contributed by atoms with van der Waals surface area (Å²) in [4.78, 5) is 18.0. The van der Waals surface area contributed by atoms with Crippen molar-refractivity contribution in [2.24, 2.45) is 0 Å². The van der Waals surface area contributed by atoms with Crippen LogP contribution >= 0.6 is 0 Å². The number of fused-ring (bicyclic) bond motifs is 1. The second kappa shape index (κ2) is 5.52. The van der Waals surface area contributed by atoms with Gasteiger partial charge in [0.25, 0.3) is 0 Å². The van der Waals surface area contributed by atoms with Gasteiger partial charge in [0.1, 0.15) is 11.8 Å². The van der Waals surface area contributed by atoms with E-state index in [1.807, 2.05) is 24.3 Å². The second-order valence-corrected chi connectivity index (χ2v) is 4.48. The minimum atomic E-state index is 0.678. The molecule has 0 bridgehead atoms. The largest absolute Gasteiger partial charge is 0.334 e. The number of rotatable bonds is 5. The molecular weight excluding hydrogens is 250 g/mol. The smallest absolute Gasteiger partial charge is 0.206 e. The van der Waals surface area contributed by atoms with Crippen molar-refractivity contribution in [3.8, 4) is 0 Å². The predicted molar refractivity (Wildman–Crippen MR) is 79.4 cm³/mol. The van der Waals surface area contributed by atoms with E-state index in [0.717, 1.165) is 18.0 Å². The van der Waals surface area contributed by atoms with Crippen LogP contribution in [0.2, 0.25) is 0 Å². The highest BCUT2D eigenvalue weighted by Crippen LogP contribution is 2.17. The molecule has 0 spiro atoms. The van der Waals surface area contributed by atoms with Gasteiger partial charge in [0, 0.05) is 13.1 Å². The SMILES string of the molecule is C=CCN(Cc1ccccc1)c1nc2ncncc2[nH]1. The topological polar surface area (TPSA) is 57.7 Å². The number of benzene rings is 1. The molecule has 0 amide bonds. The minimum absolute atomic E-state index is 0.678. The molecule has 1 N–H and O–H groups in total. The number of aromatic amines is 1. The Kier molecular flexibility index (Phi) is 3.41. The van der Waals surface area contributed by atoms with Crippen LogP contribution in [0.3, 0.4) is 0 Å². The highest BCUT2D eigenvalue weighted by atomic mass is 15.3. The first kappa shape index (κ1) is 12.3. The van der Waals surface area contributed by atoms with Gasteiger partial charge in [-0.05, 0) is 5.56 Å². The van der Waals surface area contributed by atoms with Crippen LogP contribution in [-0.2, 0) is 6.54 Å². The molecule has 3 rings (SSSR count). The molecule has 0 unspecified atom stereocenters. The molecule has 1 aromatic carbocycles. The molecule has 5 heteroatoms. The van der Waals surface area contributed by atoms with Crippen LogP contribution in [0.15, 0.2) is 55.5 Å². The Morgan fingerprint density at radius 3 is 2.85 bits per heavy atom. The van der Waals surface area contributed by atoms with Crippen LogP contribution in [0.4, 0.5) is 5.95 Å².